The monoisotopic (exact) mass is 192 g/mol. The molecule has 1 heterocycles. The number of aliphatic hydroxyl groups excluding tert-OH is 1. The van der Waals surface area contributed by atoms with Gasteiger partial charge in [-0.3, -0.25) is 0 Å². The highest BCUT2D eigenvalue weighted by atomic mass is 16.5. The van der Waals surface area contributed by atoms with E-state index in [-0.39, 0.29) is 11.5 Å². The first-order valence-corrected chi connectivity index (χ1v) is 5.11. The van der Waals surface area contributed by atoms with Crippen molar-refractivity contribution >= 4 is 0 Å². The van der Waals surface area contributed by atoms with Crippen molar-refractivity contribution in [2.45, 2.75) is 24.9 Å². The third-order valence-corrected chi connectivity index (χ3v) is 3.09. The van der Waals surface area contributed by atoms with Crippen LogP contribution in [0.15, 0.2) is 30.3 Å². The molecule has 2 nitrogen and oxygen atoms in total. The van der Waals surface area contributed by atoms with E-state index in [0.717, 1.165) is 6.42 Å². The topological polar surface area (TPSA) is 29.5 Å². The average molecular weight is 192 g/mol. The summed E-state index contributed by atoms with van der Waals surface area (Å²) in [6.07, 6.45) is 0.483. The maximum Gasteiger partial charge on any atom is 0.0679 e. The van der Waals surface area contributed by atoms with Gasteiger partial charge in [0.1, 0.15) is 0 Å². The lowest BCUT2D eigenvalue weighted by atomic mass is 9.73. The van der Waals surface area contributed by atoms with Gasteiger partial charge in [0.05, 0.1) is 24.7 Å². The van der Waals surface area contributed by atoms with E-state index in [4.69, 9.17) is 4.74 Å². The molecule has 0 spiro atoms. The second-order valence-corrected chi connectivity index (χ2v) is 3.94. The molecule has 1 N–H and O–H groups in total. The number of rotatable bonds is 3. The van der Waals surface area contributed by atoms with Crippen molar-refractivity contribution in [1.82, 2.24) is 0 Å². The molecule has 0 aliphatic carbocycles. The highest BCUT2D eigenvalue weighted by molar-refractivity contribution is 5.29. The highest BCUT2D eigenvalue weighted by Gasteiger charge is 2.45. The zero-order chi connectivity index (χ0) is 10.0. The van der Waals surface area contributed by atoms with Gasteiger partial charge >= 0.3 is 0 Å². The van der Waals surface area contributed by atoms with E-state index in [2.05, 4.69) is 12.1 Å². The van der Waals surface area contributed by atoms with Crippen LogP contribution >= 0.6 is 0 Å². The summed E-state index contributed by atoms with van der Waals surface area (Å²) in [6.45, 7) is 3.30. The SMILES string of the molecule is CCC(O)C1(c2ccccc2)COC1. The quantitative estimate of drug-likeness (QED) is 0.790. The highest BCUT2D eigenvalue weighted by Crippen LogP contribution is 2.36. The van der Waals surface area contributed by atoms with Gasteiger partial charge in [-0.1, -0.05) is 37.3 Å². The van der Waals surface area contributed by atoms with Crippen molar-refractivity contribution in [3.05, 3.63) is 35.9 Å². The Morgan fingerprint density at radius 2 is 2.00 bits per heavy atom. The van der Waals surface area contributed by atoms with Crippen LogP contribution in [-0.4, -0.2) is 24.4 Å². The van der Waals surface area contributed by atoms with Gasteiger partial charge in [-0.05, 0) is 12.0 Å². The molecule has 0 aromatic heterocycles. The molecule has 0 radical (unpaired) electrons. The Hall–Kier alpha value is -0.860. The Labute approximate surface area is 84.5 Å². The average Bonchev–Trinajstić information content (AvgIpc) is 2.17. The van der Waals surface area contributed by atoms with Crippen LogP contribution in [0, 0.1) is 0 Å². The first kappa shape index (κ1) is 9.69. The van der Waals surface area contributed by atoms with E-state index in [1.54, 1.807) is 0 Å². The Balaban J connectivity index is 2.29. The summed E-state index contributed by atoms with van der Waals surface area (Å²) in [7, 11) is 0. The van der Waals surface area contributed by atoms with Gasteiger partial charge in [-0.15, -0.1) is 0 Å². The smallest absolute Gasteiger partial charge is 0.0679 e. The van der Waals surface area contributed by atoms with Crippen LogP contribution in [0.5, 0.6) is 0 Å². The Bertz CT molecular complexity index is 290. The molecule has 1 aromatic rings. The molecule has 1 aliphatic rings. The van der Waals surface area contributed by atoms with Crippen LogP contribution in [0.2, 0.25) is 0 Å². The summed E-state index contributed by atoms with van der Waals surface area (Å²) in [5, 5.41) is 10.0. The minimum absolute atomic E-state index is 0.143. The second kappa shape index (κ2) is 3.71. The summed E-state index contributed by atoms with van der Waals surface area (Å²) in [6, 6.07) is 10.2. The standard InChI is InChI=1S/C12H16O2/c1-2-11(13)12(8-14-9-12)10-6-4-3-5-7-10/h3-7,11,13H,2,8-9H2,1H3. The van der Waals surface area contributed by atoms with Crippen molar-refractivity contribution in [1.29, 1.82) is 0 Å². The predicted octanol–water partition coefficient (Wildman–Crippen LogP) is 1.73. The Kier molecular flexibility index (Phi) is 2.57. The van der Waals surface area contributed by atoms with E-state index < -0.39 is 0 Å². The maximum absolute atomic E-state index is 10.0. The zero-order valence-corrected chi connectivity index (χ0v) is 8.44. The van der Waals surface area contributed by atoms with E-state index in [0.29, 0.717) is 13.2 Å². The van der Waals surface area contributed by atoms with Crippen LogP contribution < -0.4 is 0 Å². The molecule has 1 unspecified atom stereocenters. The first-order valence-electron chi connectivity index (χ1n) is 5.11. The first-order chi connectivity index (χ1) is 6.79. The largest absolute Gasteiger partial charge is 0.392 e. The molecule has 1 atom stereocenters. The van der Waals surface area contributed by atoms with Gasteiger partial charge in [-0.2, -0.15) is 0 Å². The van der Waals surface area contributed by atoms with E-state index in [1.807, 2.05) is 25.1 Å². The fraction of sp³-hybridized carbons (Fsp3) is 0.500. The van der Waals surface area contributed by atoms with Crippen LogP contribution in [0.1, 0.15) is 18.9 Å². The lowest BCUT2D eigenvalue weighted by Crippen LogP contribution is -2.55. The zero-order valence-electron chi connectivity index (χ0n) is 8.44. The molecule has 14 heavy (non-hydrogen) atoms. The Morgan fingerprint density at radius 3 is 2.43 bits per heavy atom. The van der Waals surface area contributed by atoms with E-state index in [9.17, 15) is 5.11 Å². The molecule has 0 saturated carbocycles. The summed E-state index contributed by atoms with van der Waals surface area (Å²) < 4.78 is 5.26. The Morgan fingerprint density at radius 1 is 1.36 bits per heavy atom. The normalized spacial score (nSPS) is 21.3. The molecular weight excluding hydrogens is 176 g/mol. The summed E-state index contributed by atoms with van der Waals surface area (Å²) in [5.74, 6) is 0. The molecule has 2 rings (SSSR count). The molecule has 2 heteroatoms. The number of hydrogen-bond donors (Lipinski definition) is 1. The minimum atomic E-state index is -0.293. The summed E-state index contributed by atoms with van der Waals surface area (Å²) in [5.41, 5.74) is 1.05. The third-order valence-electron chi connectivity index (χ3n) is 3.09. The number of ether oxygens (including phenoxy) is 1. The molecule has 1 aliphatic heterocycles. The summed E-state index contributed by atoms with van der Waals surface area (Å²) in [4.78, 5) is 0. The van der Waals surface area contributed by atoms with Crippen LogP contribution in [0.4, 0.5) is 0 Å². The number of aliphatic hydroxyl groups is 1. The maximum atomic E-state index is 10.0. The molecule has 1 saturated heterocycles. The molecule has 76 valence electrons. The molecule has 0 amide bonds. The molecular formula is C12H16O2. The van der Waals surface area contributed by atoms with E-state index in [1.165, 1.54) is 5.56 Å². The van der Waals surface area contributed by atoms with Gasteiger partial charge in [0.15, 0.2) is 0 Å². The van der Waals surface area contributed by atoms with Gasteiger partial charge in [0.2, 0.25) is 0 Å². The lowest BCUT2D eigenvalue weighted by Gasteiger charge is -2.45. The van der Waals surface area contributed by atoms with Crippen LogP contribution in [0.25, 0.3) is 0 Å². The fourth-order valence-corrected chi connectivity index (χ4v) is 2.03. The minimum Gasteiger partial charge on any atom is -0.392 e. The number of benzene rings is 1. The fourth-order valence-electron chi connectivity index (χ4n) is 2.03. The second-order valence-electron chi connectivity index (χ2n) is 3.94. The van der Waals surface area contributed by atoms with Crippen LogP contribution in [0.3, 0.4) is 0 Å². The van der Waals surface area contributed by atoms with Gasteiger partial charge in [-0.25, -0.2) is 0 Å². The van der Waals surface area contributed by atoms with Gasteiger partial charge < -0.3 is 9.84 Å². The lowest BCUT2D eigenvalue weighted by molar-refractivity contribution is -0.120. The van der Waals surface area contributed by atoms with Crippen molar-refractivity contribution in [3.8, 4) is 0 Å². The van der Waals surface area contributed by atoms with Gasteiger partial charge in [0, 0.05) is 0 Å². The summed E-state index contributed by atoms with van der Waals surface area (Å²) >= 11 is 0. The molecule has 1 aromatic carbocycles. The van der Waals surface area contributed by atoms with Crippen molar-refractivity contribution in [3.63, 3.8) is 0 Å². The molecule has 1 fully saturated rings. The molecule has 0 bridgehead atoms. The van der Waals surface area contributed by atoms with Crippen molar-refractivity contribution in [2.75, 3.05) is 13.2 Å². The third kappa shape index (κ3) is 1.35. The van der Waals surface area contributed by atoms with Crippen molar-refractivity contribution < 1.29 is 9.84 Å². The number of hydrogen-bond acceptors (Lipinski definition) is 2. The van der Waals surface area contributed by atoms with E-state index >= 15 is 0 Å². The van der Waals surface area contributed by atoms with Crippen molar-refractivity contribution in [2.24, 2.45) is 0 Å². The van der Waals surface area contributed by atoms with Gasteiger partial charge in [0.25, 0.3) is 0 Å². The van der Waals surface area contributed by atoms with Crippen LogP contribution in [-0.2, 0) is 10.2 Å². The predicted molar refractivity (Wildman–Crippen MR) is 55.2 cm³/mol.